The third kappa shape index (κ3) is 3.85. The van der Waals surface area contributed by atoms with Gasteiger partial charge in [-0.3, -0.25) is 19.3 Å². The number of nitrogens with zero attached hydrogens (tertiary/aromatic N) is 1. The van der Waals surface area contributed by atoms with Gasteiger partial charge in [-0.2, -0.15) is 0 Å². The molecule has 1 N–H and O–H groups in total. The quantitative estimate of drug-likeness (QED) is 0.813. The summed E-state index contributed by atoms with van der Waals surface area (Å²) in [7, 11) is 0. The van der Waals surface area contributed by atoms with E-state index in [0.29, 0.717) is 5.76 Å². The monoisotopic (exact) mass is 374 g/mol. The highest BCUT2D eigenvalue weighted by Crippen LogP contribution is 2.32. The first-order valence-corrected chi connectivity index (χ1v) is 8.62. The van der Waals surface area contributed by atoms with E-state index < -0.39 is 22.9 Å². The lowest BCUT2D eigenvalue weighted by Crippen LogP contribution is -2.37. The van der Waals surface area contributed by atoms with Crippen LogP contribution in [0.3, 0.4) is 0 Å². The molecule has 0 bridgehead atoms. The SMILES string of the molecule is Cc1ccc(C(=O)NCCN2C(=O)SC(=Cc3ccccc3F)C2=O)o1. The van der Waals surface area contributed by atoms with Crippen LogP contribution in [0.25, 0.3) is 6.08 Å². The Labute approximate surface area is 153 Å². The Morgan fingerprint density at radius 3 is 2.73 bits per heavy atom. The Balaban J connectivity index is 1.61. The number of imide groups is 1. The van der Waals surface area contributed by atoms with Gasteiger partial charge in [-0.05, 0) is 43.0 Å². The Kier molecular flexibility index (Phi) is 5.22. The minimum Gasteiger partial charge on any atom is -0.456 e. The predicted octanol–water partition coefficient (Wildman–Crippen LogP) is 3.19. The van der Waals surface area contributed by atoms with Crippen LogP contribution in [0.1, 0.15) is 21.9 Å². The predicted molar refractivity (Wildman–Crippen MR) is 94.9 cm³/mol. The number of carbonyl (C=O) groups is 3. The molecule has 1 aromatic heterocycles. The van der Waals surface area contributed by atoms with E-state index in [1.807, 2.05) is 0 Å². The normalized spacial score (nSPS) is 15.8. The smallest absolute Gasteiger partial charge is 0.293 e. The second kappa shape index (κ2) is 7.57. The minimum atomic E-state index is -0.508. The van der Waals surface area contributed by atoms with E-state index in [2.05, 4.69) is 5.32 Å². The molecular weight excluding hydrogens is 359 g/mol. The Morgan fingerprint density at radius 2 is 2.04 bits per heavy atom. The largest absolute Gasteiger partial charge is 0.456 e. The lowest BCUT2D eigenvalue weighted by molar-refractivity contribution is -0.122. The molecule has 1 aromatic carbocycles. The number of amides is 3. The molecule has 2 heterocycles. The van der Waals surface area contributed by atoms with E-state index in [-0.39, 0.29) is 29.3 Å². The molecule has 0 radical (unpaired) electrons. The number of aryl methyl sites for hydroxylation is 1. The first kappa shape index (κ1) is 17.9. The zero-order valence-electron chi connectivity index (χ0n) is 13.8. The molecule has 0 atom stereocenters. The maximum atomic E-state index is 13.7. The van der Waals surface area contributed by atoms with E-state index in [4.69, 9.17) is 4.42 Å². The lowest BCUT2D eigenvalue weighted by Gasteiger charge is -2.12. The van der Waals surface area contributed by atoms with Crippen molar-refractivity contribution in [1.29, 1.82) is 0 Å². The fraction of sp³-hybridized carbons (Fsp3) is 0.167. The highest BCUT2D eigenvalue weighted by atomic mass is 32.2. The van der Waals surface area contributed by atoms with Crippen LogP contribution in [-0.2, 0) is 4.79 Å². The molecule has 134 valence electrons. The second-order valence-electron chi connectivity index (χ2n) is 5.52. The molecule has 2 aromatic rings. The molecule has 3 amide bonds. The third-order valence-corrected chi connectivity index (χ3v) is 4.56. The molecule has 1 aliphatic rings. The molecule has 0 aliphatic carbocycles. The van der Waals surface area contributed by atoms with Crippen LogP contribution in [0.2, 0.25) is 0 Å². The average Bonchev–Trinajstić information content (AvgIpc) is 3.15. The summed E-state index contributed by atoms with van der Waals surface area (Å²) in [5.74, 6) is -0.630. The summed E-state index contributed by atoms with van der Waals surface area (Å²) in [6.07, 6.45) is 1.35. The van der Waals surface area contributed by atoms with Gasteiger partial charge < -0.3 is 9.73 Å². The molecular formula is C18H15FN2O4S. The van der Waals surface area contributed by atoms with Crippen molar-refractivity contribution in [2.45, 2.75) is 6.92 Å². The maximum Gasteiger partial charge on any atom is 0.293 e. The van der Waals surface area contributed by atoms with Crippen molar-refractivity contribution < 1.29 is 23.2 Å². The van der Waals surface area contributed by atoms with Crippen LogP contribution in [0, 0.1) is 12.7 Å². The molecule has 0 spiro atoms. The van der Waals surface area contributed by atoms with Crippen molar-refractivity contribution in [3.05, 3.63) is 64.2 Å². The summed E-state index contributed by atoms with van der Waals surface area (Å²) in [4.78, 5) is 37.4. The van der Waals surface area contributed by atoms with Gasteiger partial charge in [-0.1, -0.05) is 18.2 Å². The van der Waals surface area contributed by atoms with Gasteiger partial charge in [0.05, 0.1) is 4.91 Å². The van der Waals surface area contributed by atoms with Crippen molar-refractivity contribution in [2.75, 3.05) is 13.1 Å². The van der Waals surface area contributed by atoms with Gasteiger partial charge in [-0.25, -0.2) is 4.39 Å². The van der Waals surface area contributed by atoms with Crippen molar-refractivity contribution in [3.63, 3.8) is 0 Å². The highest BCUT2D eigenvalue weighted by molar-refractivity contribution is 8.18. The third-order valence-electron chi connectivity index (χ3n) is 3.65. The number of halogens is 1. The van der Waals surface area contributed by atoms with Crippen LogP contribution in [0.15, 0.2) is 45.7 Å². The molecule has 0 unspecified atom stereocenters. The van der Waals surface area contributed by atoms with E-state index >= 15 is 0 Å². The topological polar surface area (TPSA) is 79.6 Å². The number of thioether (sulfide) groups is 1. The van der Waals surface area contributed by atoms with Gasteiger partial charge in [-0.15, -0.1) is 0 Å². The standard InChI is InChI=1S/C18H15FN2O4S/c1-11-6-7-14(25-11)16(22)20-8-9-21-17(23)15(26-18(21)24)10-12-4-2-3-5-13(12)19/h2-7,10H,8-9H2,1H3,(H,20,22). The first-order valence-electron chi connectivity index (χ1n) is 7.80. The van der Waals surface area contributed by atoms with Crippen molar-refractivity contribution >= 4 is 34.9 Å². The van der Waals surface area contributed by atoms with Crippen LogP contribution in [-0.4, -0.2) is 35.0 Å². The summed E-state index contributed by atoms with van der Waals surface area (Å²) in [6, 6.07) is 9.20. The fourth-order valence-electron chi connectivity index (χ4n) is 2.35. The maximum absolute atomic E-state index is 13.7. The molecule has 3 rings (SSSR count). The van der Waals surface area contributed by atoms with E-state index in [0.717, 1.165) is 16.7 Å². The van der Waals surface area contributed by atoms with Gasteiger partial charge >= 0.3 is 0 Å². The summed E-state index contributed by atoms with van der Waals surface area (Å²) in [6.45, 7) is 1.83. The zero-order valence-corrected chi connectivity index (χ0v) is 14.6. The zero-order chi connectivity index (χ0) is 18.7. The number of rotatable bonds is 5. The number of hydrogen-bond acceptors (Lipinski definition) is 5. The van der Waals surface area contributed by atoms with Crippen molar-refractivity contribution in [3.8, 4) is 0 Å². The van der Waals surface area contributed by atoms with E-state index in [9.17, 15) is 18.8 Å². The van der Waals surface area contributed by atoms with Crippen LogP contribution in [0.4, 0.5) is 9.18 Å². The molecule has 1 saturated heterocycles. The van der Waals surface area contributed by atoms with Crippen LogP contribution in [0.5, 0.6) is 0 Å². The Hall–Kier alpha value is -2.87. The summed E-state index contributed by atoms with van der Waals surface area (Å²) in [5, 5.41) is 2.13. The lowest BCUT2D eigenvalue weighted by atomic mass is 10.2. The highest BCUT2D eigenvalue weighted by Gasteiger charge is 2.34. The summed E-state index contributed by atoms with van der Waals surface area (Å²) in [5.41, 5.74) is 0.236. The van der Waals surface area contributed by atoms with Crippen molar-refractivity contribution in [1.82, 2.24) is 10.2 Å². The van der Waals surface area contributed by atoms with Gasteiger partial charge in [0.2, 0.25) is 0 Å². The number of nitrogens with one attached hydrogen (secondary N) is 1. The van der Waals surface area contributed by atoms with Gasteiger partial charge in [0, 0.05) is 18.7 Å². The average molecular weight is 374 g/mol. The molecule has 1 fully saturated rings. The van der Waals surface area contributed by atoms with E-state index in [1.54, 1.807) is 31.2 Å². The molecule has 6 nitrogen and oxygen atoms in total. The van der Waals surface area contributed by atoms with Crippen molar-refractivity contribution in [2.24, 2.45) is 0 Å². The number of hydrogen-bond donors (Lipinski definition) is 1. The first-order chi connectivity index (χ1) is 12.5. The molecule has 1 aliphatic heterocycles. The summed E-state index contributed by atoms with van der Waals surface area (Å²) >= 11 is 0.745. The minimum absolute atomic E-state index is 0.0186. The molecule has 26 heavy (non-hydrogen) atoms. The summed E-state index contributed by atoms with van der Waals surface area (Å²) < 4.78 is 18.9. The van der Waals surface area contributed by atoms with E-state index in [1.165, 1.54) is 18.2 Å². The number of benzene rings is 1. The fourth-order valence-corrected chi connectivity index (χ4v) is 3.21. The Morgan fingerprint density at radius 1 is 1.27 bits per heavy atom. The molecule has 8 heteroatoms. The van der Waals surface area contributed by atoms with Gasteiger partial charge in [0.1, 0.15) is 11.6 Å². The Bertz CT molecular complexity index is 906. The van der Waals surface area contributed by atoms with Crippen LogP contribution >= 0.6 is 11.8 Å². The molecule has 0 saturated carbocycles. The van der Waals surface area contributed by atoms with Gasteiger partial charge in [0.15, 0.2) is 5.76 Å². The second-order valence-corrected chi connectivity index (χ2v) is 6.51. The van der Waals surface area contributed by atoms with Gasteiger partial charge in [0.25, 0.3) is 17.1 Å². The van der Waals surface area contributed by atoms with Crippen LogP contribution < -0.4 is 5.32 Å². The number of furan rings is 1. The number of carbonyl (C=O) groups excluding carboxylic acids is 3.